The zero-order valence-corrected chi connectivity index (χ0v) is 10.1. The first-order valence-electron chi connectivity index (χ1n) is 7.02. The molecule has 1 N–H and O–H groups in total. The lowest BCUT2D eigenvalue weighted by Crippen LogP contribution is -2.60. The monoisotopic (exact) mass is 207 g/mol. The summed E-state index contributed by atoms with van der Waals surface area (Å²) in [5.41, 5.74) is 1.14. The molecule has 1 saturated heterocycles. The van der Waals surface area contributed by atoms with Gasteiger partial charge < -0.3 is 5.32 Å². The van der Waals surface area contributed by atoms with E-state index in [0.29, 0.717) is 11.1 Å². The van der Waals surface area contributed by atoms with Crippen LogP contribution in [0.15, 0.2) is 0 Å². The van der Waals surface area contributed by atoms with E-state index in [4.69, 9.17) is 0 Å². The van der Waals surface area contributed by atoms with E-state index in [1.165, 1.54) is 64.2 Å². The van der Waals surface area contributed by atoms with Crippen LogP contribution in [0.25, 0.3) is 0 Å². The molecule has 0 aromatic rings. The third-order valence-electron chi connectivity index (χ3n) is 5.13. The highest BCUT2D eigenvalue weighted by Crippen LogP contribution is 2.47. The summed E-state index contributed by atoms with van der Waals surface area (Å²) in [6.07, 6.45) is 14.6. The van der Waals surface area contributed by atoms with Gasteiger partial charge in [0.2, 0.25) is 0 Å². The Bertz CT molecular complexity index is 210. The summed E-state index contributed by atoms with van der Waals surface area (Å²) in [5.74, 6) is 0.961. The van der Waals surface area contributed by atoms with Gasteiger partial charge in [-0.3, -0.25) is 0 Å². The fourth-order valence-electron chi connectivity index (χ4n) is 4.83. The summed E-state index contributed by atoms with van der Waals surface area (Å²) < 4.78 is 0. The van der Waals surface area contributed by atoms with Crippen LogP contribution in [0.2, 0.25) is 0 Å². The van der Waals surface area contributed by atoms with Crippen molar-refractivity contribution in [2.24, 2.45) is 5.92 Å². The van der Waals surface area contributed by atoms with E-state index in [2.05, 4.69) is 12.2 Å². The molecule has 1 aliphatic heterocycles. The standard InChI is InChI=1S/C14H25N/c1-12-10-13(6-2-3-7-13)15-14(11-12)8-4-5-9-14/h12,15H,2-11H2,1H3. The Balaban J connectivity index is 1.81. The molecule has 1 heterocycles. The van der Waals surface area contributed by atoms with Crippen LogP contribution < -0.4 is 5.32 Å². The number of rotatable bonds is 0. The second-order valence-electron chi connectivity index (χ2n) is 6.61. The molecule has 0 aromatic carbocycles. The second-order valence-corrected chi connectivity index (χ2v) is 6.61. The third-order valence-corrected chi connectivity index (χ3v) is 5.13. The lowest BCUT2D eigenvalue weighted by atomic mass is 9.72. The van der Waals surface area contributed by atoms with Crippen LogP contribution in [-0.4, -0.2) is 11.1 Å². The first-order chi connectivity index (χ1) is 7.22. The summed E-state index contributed by atoms with van der Waals surface area (Å²) in [5, 5.41) is 4.13. The first kappa shape index (κ1) is 10.1. The average Bonchev–Trinajstić information content (AvgIpc) is 2.75. The molecule has 2 aliphatic carbocycles. The van der Waals surface area contributed by atoms with Crippen LogP contribution in [0.4, 0.5) is 0 Å². The lowest BCUT2D eigenvalue weighted by molar-refractivity contribution is 0.0955. The molecule has 86 valence electrons. The van der Waals surface area contributed by atoms with Crippen LogP contribution in [0.5, 0.6) is 0 Å². The fourth-order valence-corrected chi connectivity index (χ4v) is 4.83. The van der Waals surface area contributed by atoms with Crippen LogP contribution in [0, 0.1) is 5.92 Å². The molecule has 3 fully saturated rings. The highest BCUT2D eigenvalue weighted by atomic mass is 15.1. The normalized spacial score (nSPS) is 37.8. The van der Waals surface area contributed by atoms with Crippen LogP contribution >= 0.6 is 0 Å². The summed E-state index contributed by atoms with van der Waals surface area (Å²) in [6, 6.07) is 0. The molecule has 3 rings (SSSR count). The summed E-state index contributed by atoms with van der Waals surface area (Å²) in [4.78, 5) is 0. The van der Waals surface area contributed by atoms with E-state index >= 15 is 0 Å². The highest BCUT2D eigenvalue weighted by molar-refractivity contribution is 5.07. The zero-order chi connectivity index (χ0) is 10.4. The Morgan fingerprint density at radius 1 is 0.800 bits per heavy atom. The Labute approximate surface area is 94.0 Å². The lowest BCUT2D eigenvalue weighted by Gasteiger charge is -2.49. The van der Waals surface area contributed by atoms with Gasteiger partial charge in [0.05, 0.1) is 0 Å². The molecule has 2 spiro atoms. The highest BCUT2D eigenvalue weighted by Gasteiger charge is 2.48. The van der Waals surface area contributed by atoms with Gasteiger partial charge in [-0.2, -0.15) is 0 Å². The SMILES string of the molecule is CC1CC2(CCCC2)NC2(CCCC2)C1. The molecule has 0 aromatic heterocycles. The van der Waals surface area contributed by atoms with Crippen molar-refractivity contribution in [3.8, 4) is 0 Å². The summed E-state index contributed by atoms with van der Waals surface area (Å²) >= 11 is 0. The van der Waals surface area contributed by atoms with Crippen LogP contribution in [0.3, 0.4) is 0 Å². The molecule has 15 heavy (non-hydrogen) atoms. The quantitative estimate of drug-likeness (QED) is 0.639. The first-order valence-corrected chi connectivity index (χ1v) is 7.02. The molecule has 0 bridgehead atoms. The van der Waals surface area contributed by atoms with Crippen molar-refractivity contribution in [2.75, 3.05) is 0 Å². The van der Waals surface area contributed by atoms with Gasteiger partial charge in [0.25, 0.3) is 0 Å². The van der Waals surface area contributed by atoms with Gasteiger partial charge in [0.1, 0.15) is 0 Å². The van der Waals surface area contributed by atoms with Crippen LogP contribution in [0.1, 0.15) is 71.1 Å². The number of piperidine rings is 1. The molecule has 1 nitrogen and oxygen atoms in total. The van der Waals surface area contributed by atoms with E-state index < -0.39 is 0 Å². The summed E-state index contributed by atoms with van der Waals surface area (Å²) in [6.45, 7) is 2.49. The van der Waals surface area contributed by atoms with Crippen molar-refractivity contribution in [1.82, 2.24) is 5.32 Å². The number of hydrogen-bond donors (Lipinski definition) is 1. The van der Waals surface area contributed by atoms with Gasteiger partial charge in [-0.15, -0.1) is 0 Å². The molecule has 0 atom stereocenters. The molecule has 3 aliphatic rings. The van der Waals surface area contributed by atoms with E-state index in [0.717, 1.165) is 5.92 Å². The molecular weight excluding hydrogens is 182 g/mol. The third kappa shape index (κ3) is 1.73. The van der Waals surface area contributed by atoms with Gasteiger partial charge in [-0.05, 0) is 44.4 Å². The molecular formula is C14H25N. The smallest absolute Gasteiger partial charge is 0.0189 e. The zero-order valence-electron chi connectivity index (χ0n) is 10.1. The predicted molar refractivity (Wildman–Crippen MR) is 63.9 cm³/mol. The maximum Gasteiger partial charge on any atom is 0.0189 e. The van der Waals surface area contributed by atoms with E-state index in [-0.39, 0.29) is 0 Å². The number of hydrogen-bond acceptors (Lipinski definition) is 1. The maximum atomic E-state index is 4.13. The van der Waals surface area contributed by atoms with Crippen molar-refractivity contribution in [3.05, 3.63) is 0 Å². The van der Waals surface area contributed by atoms with Crippen molar-refractivity contribution >= 4 is 0 Å². The fraction of sp³-hybridized carbons (Fsp3) is 1.00. The number of nitrogens with one attached hydrogen (secondary N) is 1. The largest absolute Gasteiger partial charge is 0.306 e. The molecule has 1 heteroatoms. The molecule has 0 unspecified atom stereocenters. The maximum absolute atomic E-state index is 4.13. The van der Waals surface area contributed by atoms with Gasteiger partial charge in [-0.1, -0.05) is 32.6 Å². The Kier molecular flexibility index (Phi) is 2.35. The predicted octanol–water partition coefficient (Wildman–Crippen LogP) is 3.63. The van der Waals surface area contributed by atoms with Gasteiger partial charge in [0.15, 0.2) is 0 Å². The van der Waals surface area contributed by atoms with Gasteiger partial charge >= 0.3 is 0 Å². The Hall–Kier alpha value is -0.0400. The van der Waals surface area contributed by atoms with E-state index in [1.54, 1.807) is 0 Å². The van der Waals surface area contributed by atoms with Crippen LogP contribution in [-0.2, 0) is 0 Å². The van der Waals surface area contributed by atoms with E-state index in [9.17, 15) is 0 Å². The van der Waals surface area contributed by atoms with Crippen molar-refractivity contribution < 1.29 is 0 Å². The van der Waals surface area contributed by atoms with Gasteiger partial charge in [-0.25, -0.2) is 0 Å². The minimum absolute atomic E-state index is 0.571. The summed E-state index contributed by atoms with van der Waals surface area (Å²) in [7, 11) is 0. The Morgan fingerprint density at radius 2 is 1.20 bits per heavy atom. The van der Waals surface area contributed by atoms with Crippen molar-refractivity contribution in [1.29, 1.82) is 0 Å². The Morgan fingerprint density at radius 3 is 1.60 bits per heavy atom. The molecule has 0 amide bonds. The van der Waals surface area contributed by atoms with Crippen molar-refractivity contribution in [2.45, 2.75) is 82.2 Å². The molecule has 2 saturated carbocycles. The van der Waals surface area contributed by atoms with Gasteiger partial charge in [0, 0.05) is 11.1 Å². The molecule has 0 radical (unpaired) electrons. The second kappa shape index (κ2) is 3.48. The van der Waals surface area contributed by atoms with E-state index in [1.807, 2.05) is 0 Å². The minimum atomic E-state index is 0.571. The topological polar surface area (TPSA) is 12.0 Å². The average molecular weight is 207 g/mol. The minimum Gasteiger partial charge on any atom is -0.306 e. The van der Waals surface area contributed by atoms with Crippen molar-refractivity contribution in [3.63, 3.8) is 0 Å².